The van der Waals surface area contributed by atoms with Gasteiger partial charge in [0.2, 0.25) is 0 Å². The zero-order valence-electron chi connectivity index (χ0n) is 11.9. The number of nitrogens with zero attached hydrogens (tertiary/aromatic N) is 1. The van der Waals surface area contributed by atoms with Crippen molar-refractivity contribution in [3.8, 4) is 0 Å². The first kappa shape index (κ1) is 15.2. The van der Waals surface area contributed by atoms with Gasteiger partial charge in [-0.05, 0) is 43.0 Å². The molecule has 1 heterocycles. The molecule has 0 saturated carbocycles. The van der Waals surface area contributed by atoms with E-state index in [4.69, 9.17) is 5.73 Å². The van der Waals surface area contributed by atoms with E-state index in [1.54, 1.807) is 23.5 Å². The Labute approximate surface area is 124 Å². The predicted octanol–water partition coefficient (Wildman–Crippen LogP) is 3.80. The highest BCUT2D eigenvalue weighted by Gasteiger charge is 2.22. The van der Waals surface area contributed by atoms with Gasteiger partial charge in [0, 0.05) is 30.1 Å². The topological polar surface area (TPSA) is 29.3 Å². The SMILES string of the molecule is CC(C)N(Cc1cccs1)C(CN)c1cccc(F)c1. The van der Waals surface area contributed by atoms with Crippen molar-refractivity contribution in [3.63, 3.8) is 0 Å². The Morgan fingerprint density at radius 3 is 2.60 bits per heavy atom. The summed E-state index contributed by atoms with van der Waals surface area (Å²) >= 11 is 1.74. The van der Waals surface area contributed by atoms with E-state index in [0.29, 0.717) is 12.6 Å². The summed E-state index contributed by atoms with van der Waals surface area (Å²) < 4.78 is 13.4. The van der Waals surface area contributed by atoms with Crippen LogP contribution in [-0.4, -0.2) is 17.5 Å². The number of hydrogen-bond donors (Lipinski definition) is 1. The quantitative estimate of drug-likeness (QED) is 0.877. The van der Waals surface area contributed by atoms with Crippen molar-refractivity contribution >= 4 is 11.3 Å². The van der Waals surface area contributed by atoms with Crippen LogP contribution >= 0.6 is 11.3 Å². The second-order valence-electron chi connectivity index (χ2n) is 5.15. The molecular weight excluding hydrogens is 271 g/mol. The first-order valence-corrected chi connectivity index (χ1v) is 7.73. The zero-order chi connectivity index (χ0) is 14.5. The van der Waals surface area contributed by atoms with Gasteiger partial charge in [-0.1, -0.05) is 18.2 Å². The smallest absolute Gasteiger partial charge is 0.123 e. The first-order valence-electron chi connectivity index (χ1n) is 6.85. The maximum Gasteiger partial charge on any atom is 0.123 e. The predicted molar refractivity (Wildman–Crippen MR) is 83.2 cm³/mol. The fourth-order valence-electron chi connectivity index (χ4n) is 2.41. The minimum atomic E-state index is -0.208. The molecule has 108 valence electrons. The molecule has 1 atom stereocenters. The number of hydrogen-bond acceptors (Lipinski definition) is 3. The third kappa shape index (κ3) is 3.66. The molecule has 4 heteroatoms. The largest absolute Gasteiger partial charge is 0.329 e. The van der Waals surface area contributed by atoms with Crippen LogP contribution in [0.2, 0.25) is 0 Å². The van der Waals surface area contributed by atoms with Gasteiger partial charge in [-0.15, -0.1) is 11.3 Å². The van der Waals surface area contributed by atoms with E-state index < -0.39 is 0 Å². The highest BCUT2D eigenvalue weighted by Crippen LogP contribution is 2.26. The Kier molecular flexibility index (Phi) is 5.29. The van der Waals surface area contributed by atoms with Crippen LogP contribution in [0.4, 0.5) is 4.39 Å². The maximum atomic E-state index is 13.4. The van der Waals surface area contributed by atoms with Crippen LogP contribution in [0.3, 0.4) is 0 Å². The zero-order valence-corrected chi connectivity index (χ0v) is 12.7. The van der Waals surface area contributed by atoms with Crippen molar-refractivity contribution in [2.24, 2.45) is 5.73 Å². The van der Waals surface area contributed by atoms with E-state index in [1.165, 1.54) is 10.9 Å². The minimum Gasteiger partial charge on any atom is -0.329 e. The van der Waals surface area contributed by atoms with Crippen LogP contribution in [0.1, 0.15) is 30.3 Å². The molecule has 0 saturated heterocycles. The lowest BCUT2D eigenvalue weighted by atomic mass is 10.0. The fraction of sp³-hybridized carbons (Fsp3) is 0.375. The number of benzene rings is 1. The molecule has 0 aliphatic rings. The van der Waals surface area contributed by atoms with Gasteiger partial charge >= 0.3 is 0 Å². The summed E-state index contributed by atoms with van der Waals surface area (Å²) in [6.45, 7) is 5.62. The summed E-state index contributed by atoms with van der Waals surface area (Å²) in [6, 6.07) is 11.3. The van der Waals surface area contributed by atoms with E-state index in [0.717, 1.165) is 12.1 Å². The number of thiophene rings is 1. The Balaban J connectivity index is 2.25. The van der Waals surface area contributed by atoms with Gasteiger partial charge in [0.05, 0.1) is 0 Å². The Bertz CT molecular complexity index is 525. The summed E-state index contributed by atoms with van der Waals surface area (Å²) in [6.07, 6.45) is 0. The fourth-order valence-corrected chi connectivity index (χ4v) is 3.12. The third-order valence-corrected chi connectivity index (χ3v) is 4.30. The number of halogens is 1. The summed E-state index contributed by atoms with van der Waals surface area (Å²) in [5.74, 6) is -0.208. The monoisotopic (exact) mass is 292 g/mol. The average Bonchev–Trinajstić information content (AvgIpc) is 2.91. The third-order valence-electron chi connectivity index (χ3n) is 3.44. The molecular formula is C16H21FN2S. The van der Waals surface area contributed by atoms with Gasteiger partial charge in [-0.2, -0.15) is 0 Å². The van der Waals surface area contributed by atoms with Crippen LogP contribution in [0, 0.1) is 5.82 Å². The molecule has 0 radical (unpaired) electrons. The molecule has 0 spiro atoms. The second kappa shape index (κ2) is 6.97. The highest BCUT2D eigenvalue weighted by molar-refractivity contribution is 7.09. The first-order chi connectivity index (χ1) is 9.61. The van der Waals surface area contributed by atoms with Gasteiger partial charge < -0.3 is 5.73 Å². The van der Waals surface area contributed by atoms with Gasteiger partial charge in [0.25, 0.3) is 0 Å². The van der Waals surface area contributed by atoms with Crippen molar-refractivity contribution in [2.45, 2.75) is 32.5 Å². The Morgan fingerprint density at radius 1 is 1.25 bits per heavy atom. The molecule has 1 unspecified atom stereocenters. The van der Waals surface area contributed by atoms with E-state index in [-0.39, 0.29) is 11.9 Å². The van der Waals surface area contributed by atoms with Crippen LogP contribution in [0.15, 0.2) is 41.8 Å². The lowest BCUT2D eigenvalue weighted by molar-refractivity contribution is 0.149. The summed E-state index contributed by atoms with van der Waals surface area (Å²) in [4.78, 5) is 3.62. The van der Waals surface area contributed by atoms with Gasteiger partial charge in [0.1, 0.15) is 5.82 Å². The minimum absolute atomic E-state index is 0.0350. The van der Waals surface area contributed by atoms with E-state index in [1.807, 2.05) is 6.07 Å². The lowest BCUT2D eigenvalue weighted by Crippen LogP contribution is -2.38. The molecule has 0 amide bonds. The molecule has 2 N–H and O–H groups in total. The molecule has 2 rings (SSSR count). The second-order valence-corrected chi connectivity index (χ2v) is 6.18. The molecule has 0 aliphatic carbocycles. The Morgan fingerprint density at radius 2 is 2.05 bits per heavy atom. The standard InChI is InChI=1S/C16H21FN2S/c1-12(2)19(11-15-7-4-8-20-15)16(10-18)13-5-3-6-14(17)9-13/h3-9,12,16H,10-11,18H2,1-2H3. The molecule has 0 aliphatic heterocycles. The molecule has 1 aromatic heterocycles. The van der Waals surface area contributed by atoms with Crippen molar-refractivity contribution in [2.75, 3.05) is 6.54 Å². The van der Waals surface area contributed by atoms with Gasteiger partial charge in [-0.25, -0.2) is 4.39 Å². The highest BCUT2D eigenvalue weighted by atomic mass is 32.1. The number of rotatable bonds is 6. The number of nitrogens with two attached hydrogens (primary N) is 1. The molecule has 2 aromatic rings. The molecule has 1 aromatic carbocycles. The van der Waals surface area contributed by atoms with E-state index in [9.17, 15) is 4.39 Å². The average molecular weight is 292 g/mol. The van der Waals surface area contributed by atoms with Crippen molar-refractivity contribution in [3.05, 3.63) is 58.0 Å². The Hall–Kier alpha value is -1.23. The molecule has 2 nitrogen and oxygen atoms in total. The normalized spacial score (nSPS) is 13.1. The van der Waals surface area contributed by atoms with Crippen molar-refractivity contribution < 1.29 is 4.39 Å². The van der Waals surface area contributed by atoms with E-state index >= 15 is 0 Å². The molecule has 0 fully saturated rings. The molecule has 20 heavy (non-hydrogen) atoms. The lowest BCUT2D eigenvalue weighted by Gasteiger charge is -2.34. The van der Waals surface area contributed by atoms with Gasteiger partial charge in [-0.3, -0.25) is 4.90 Å². The molecule has 0 bridgehead atoms. The van der Waals surface area contributed by atoms with Gasteiger partial charge in [0.15, 0.2) is 0 Å². The van der Waals surface area contributed by atoms with Crippen molar-refractivity contribution in [1.82, 2.24) is 4.90 Å². The summed E-state index contributed by atoms with van der Waals surface area (Å²) in [7, 11) is 0. The maximum absolute atomic E-state index is 13.4. The van der Waals surface area contributed by atoms with Crippen LogP contribution in [-0.2, 0) is 6.54 Å². The van der Waals surface area contributed by atoms with E-state index in [2.05, 4.69) is 36.3 Å². The summed E-state index contributed by atoms with van der Waals surface area (Å²) in [5.41, 5.74) is 6.90. The van der Waals surface area contributed by atoms with Crippen LogP contribution < -0.4 is 5.73 Å². The van der Waals surface area contributed by atoms with Crippen LogP contribution in [0.25, 0.3) is 0 Å². The summed E-state index contributed by atoms with van der Waals surface area (Å²) in [5, 5.41) is 2.08. The van der Waals surface area contributed by atoms with Crippen molar-refractivity contribution in [1.29, 1.82) is 0 Å². The van der Waals surface area contributed by atoms with Crippen LogP contribution in [0.5, 0.6) is 0 Å².